The standard InChI is InChI=1S/C16H23N3O2/c1-5-19-11-17-9-13(19)10-18-12(2)15-7-6-14(20-3)8-16(15)21-4/h6-9,11-12,18H,5,10H2,1-4H3. The Hall–Kier alpha value is -2.01. The monoisotopic (exact) mass is 289 g/mol. The van der Waals surface area contributed by atoms with Crippen LogP contribution in [0.4, 0.5) is 0 Å². The quantitative estimate of drug-likeness (QED) is 0.851. The number of rotatable bonds is 7. The van der Waals surface area contributed by atoms with Crippen molar-refractivity contribution in [2.24, 2.45) is 0 Å². The Bertz CT molecular complexity index is 581. The van der Waals surface area contributed by atoms with Crippen molar-refractivity contribution < 1.29 is 9.47 Å². The Balaban J connectivity index is 2.08. The van der Waals surface area contributed by atoms with Gasteiger partial charge < -0.3 is 19.4 Å². The Kier molecular flexibility index (Phi) is 5.22. The summed E-state index contributed by atoms with van der Waals surface area (Å²) in [5, 5.41) is 3.51. The van der Waals surface area contributed by atoms with Gasteiger partial charge in [0.25, 0.3) is 0 Å². The Morgan fingerprint density at radius 1 is 1.29 bits per heavy atom. The number of hydrogen-bond donors (Lipinski definition) is 1. The van der Waals surface area contributed by atoms with Gasteiger partial charge >= 0.3 is 0 Å². The molecule has 0 spiro atoms. The maximum absolute atomic E-state index is 5.45. The van der Waals surface area contributed by atoms with E-state index in [0.717, 1.165) is 30.2 Å². The fraction of sp³-hybridized carbons (Fsp3) is 0.438. The molecule has 0 bridgehead atoms. The molecule has 0 amide bonds. The predicted molar refractivity (Wildman–Crippen MR) is 82.7 cm³/mol. The number of nitrogens with one attached hydrogen (secondary N) is 1. The molecule has 0 saturated heterocycles. The number of benzene rings is 1. The van der Waals surface area contributed by atoms with Crippen LogP contribution in [0.2, 0.25) is 0 Å². The molecule has 21 heavy (non-hydrogen) atoms. The summed E-state index contributed by atoms with van der Waals surface area (Å²) in [6.07, 6.45) is 3.75. The van der Waals surface area contributed by atoms with E-state index in [9.17, 15) is 0 Å². The van der Waals surface area contributed by atoms with E-state index in [4.69, 9.17) is 9.47 Å². The summed E-state index contributed by atoms with van der Waals surface area (Å²) in [6.45, 7) is 5.93. The van der Waals surface area contributed by atoms with Gasteiger partial charge in [-0.3, -0.25) is 0 Å². The van der Waals surface area contributed by atoms with Gasteiger partial charge in [0.2, 0.25) is 0 Å². The minimum Gasteiger partial charge on any atom is -0.497 e. The first kappa shape index (κ1) is 15.4. The van der Waals surface area contributed by atoms with E-state index in [1.54, 1.807) is 14.2 Å². The molecule has 1 atom stereocenters. The summed E-state index contributed by atoms with van der Waals surface area (Å²) in [4.78, 5) is 4.18. The summed E-state index contributed by atoms with van der Waals surface area (Å²) in [6, 6.07) is 6.06. The third kappa shape index (κ3) is 3.55. The number of hydrogen-bond acceptors (Lipinski definition) is 4. The normalized spacial score (nSPS) is 12.2. The molecule has 1 unspecified atom stereocenters. The molecule has 0 aliphatic carbocycles. The van der Waals surface area contributed by atoms with Crippen molar-refractivity contribution in [1.29, 1.82) is 0 Å². The molecule has 1 N–H and O–H groups in total. The number of ether oxygens (including phenoxy) is 2. The highest BCUT2D eigenvalue weighted by Crippen LogP contribution is 2.29. The molecule has 0 fully saturated rings. The zero-order valence-corrected chi connectivity index (χ0v) is 13.1. The van der Waals surface area contributed by atoms with E-state index in [1.807, 2.05) is 30.7 Å². The van der Waals surface area contributed by atoms with Crippen molar-refractivity contribution in [3.8, 4) is 11.5 Å². The van der Waals surface area contributed by atoms with Gasteiger partial charge in [-0.05, 0) is 19.9 Å². The van der Waals surface area contributed by atoms with Crippen LogP contribution < -0.4 is 14.8 Å². The van der Waals surface area contributed by atoms with Crippen LogP contribution in [0.3, 0.4) is 0 Å². The van der Waals surface area contributed by atoms with E-state index in [1.165, 1.54) is 5.69 Å². The summed E-state index contributed by atoms with van der Waals surface area (Å²) >= 11 is 0. The fourth-order valence-electron chi connectivity index (χ4n) is 2.32. The molecule has 5 heteroatoms. The first-order valence-electron chi connectivity index (χ1n) is 7.13. The number of aryl methyl sites for hydroxylation is 1. The molecule has 0 saturated carbocycles. The first-order chi connectivity index (χ1) is 10.2. The van der Waals surface area contributed by atoms with Gasteiger partial charge in [0, 0.05) is 37.0 Å². The van der Waals surface area contributed by atoms with E-state index in [0.29, 0.717) is 0 Å². The van der Waals surface area contributed by atoms with E-state index in [2.05, 4.69) is 28.7 Å². The van der Waals surface area contributed by atoms with Gasteiger partial charge in [-0.2, -0.15) is 0 Å². The molecule has 2 aromatic rings. The molecule has 1 heterocycles. The van der Waals surface area contributed by atoms with Crippen LogP contribution in [0, 0.1) is 0 Å². The highest BCUT2D eigenvalue weighted by atomic mass is 16.5. The lowest BCUT2D eigenvalue weighted by atomic mass is 10.1. The van der Waals surface area contributed by atoms with Gasteiger partial charge in [0.15, 0.2) is 0 Å². The fourth-order valence-corrected chi connectivity index (χ4v) is 2.32. The Morgan fingerprint density at radius 2 is 2.10 bits per heavy atom. The second-order valence-electron chi connectivity index (χ2n) is 4.88. The van der Waals surface area contributed by atoms with Crippen molar-refractivity contribution in [3.05, 3.63) is 42.0 Å². The van der Waals surface area contributed by atoms with E-state index >= 15 is 0 Å². The number of imidazole rings is 1. The second-order valence-corrected chi connectivity index (χ2v) is 4.88. The van der Waals surface area contributed by atoms with Crippen LogP contribution in [0.25, 0.3) is 0 Å². The summed E-state index contributed by atoms with van der Waals surface area (Å²) in [7, 11) is 3.33. The van der Waals surface area contributed by atoms with Crippen LogP contribution >= 0.6 is 0 Å². The Morgan fingerprint density at radius 3 is 2.76 bits per heavy atom. The second kappa shape index (κ2) is 7.13. The lowest BCUT2D eigenvalue weighted by molar-refractivity contribution is 0.385. The third-order valence-corrected chi connectivity index (χ3v) is 3.64. The molecule has 0 aliphatic rings. The summed E-state index contributed by atoms with van der Waals surface area (Å²) < 4.78 is 12.8. The molecule has 0 aliphatic heterocycles. The number of aromatic nitrogens is 2. The summed E-state index contributed by atoms with van der Waals surface area (Å²) in [5.41, 5.74) is 2.29. The van der Waals surface area contributed by atoms with Crippen molar-refractivity contribution in [2.75, 3.05) is 14.2 Å². The van der Waals surface area contributed by atoms with Crippen molar-refractivity contribution in [2.45, 2.75) is 33.0 Å². The van der Waals surface area contributed by atoms with Gasteiger partial charge in [-0.25, -0.2) is 4.98 Å². The molecule has 2 rings (SSSR count). The minimum absolute atomic E-state index is 0.172. The zero-order chi connectivity index (χ0) is 15.2. The molecule has 1 aromatic heterocycles. The van der Waals surface area contributed by atoms with Gasteiger partial charge in [-0.1, -0.05) is 6.07 Å². The number of nitrogens with zero attached hydrogens (tertiary/aromatic N) is 2. The zero-order valence-electron chi connectivity index (χ0n) is 13.1. The maximum atomic E-state index is 5.45. The van der Waals surface area contributed by atoms with Crippen molar-refractivity contribution in [3.63, 3.8) is 0 Å². The molecular formula is C16H23N3O2. The lowest BCUT2D eigenvalue weighted by Gasteiger charge is -2.18. The lowest BCUT2D eigenvalue weighted by Crippen LogP contribution is -2.20. The van der Waals surface area contributed by atoms with Gasteiger partial charge in [0.05, 0.1) is 26.2 Å². The topological polar surface area (TPSA) is 48.3 Å². The van der Waals surface area contributed by atoms with Crippen LogP contribution in [0.15, 0.2) is 30.7 Å². The molecule has 5 nitrogen and oxygen atoms in total. The number of methoxy groups -OCH3 is 2. The van der Waals surface area contributed by atoms with Gasteiger partial charge in [-0.15, -0.1) is 0 Å². The van der Waals surface area contributed by atoms with Crippen LogP contribution in [-0.4, -0.2) is 23.8 Å². The Labute approximate surface area is 125 Å². The van der Waals surface area contributed by atoms with Crippen molar-refractivity contribution >= 4 is 0 Å². The van der Waals surface area contributed by atoms with E-state index < -0.39 is 0 Å². The van der Waals surface area contributed by atoms with Crippen LogP contribution in [0.1, 0.15) is 31.1 Å². The smallest absolute Gasteiger partial charge is 0.127 e. The SMILES string of the molecule is CCn1cncc1CNC(C)c1ccc(OC)cc1OC. The largest absolute Gasteiger partial charge is 0.497 e. The van der Waals surface area contributed by atoms with Crippen LogP contribution in [-0.2, 0) is 13.1 Å². The molecule has 114 valence electrons. The molecular weight excluding hydrogens is 266 g/mol. The third-order valence-electron chi connectivity index (χ3n) is 3.64. The predicted octanol–water partition coefficient (Wildman–Crippen LogP) is 2.77. The van der Waals surface area contributed by atoms with Crippen molar-refractivity contribution in [1.82, 2.24) is 14.9 Å². The maximum Gasteiger partial charge on any atom is 0.127 e. The minimum atomic E-state index is 0.172. The van der Waals surface area contributed by atoms with Gasteiger partial charge in [0.1, 0.15) is 11.5 Å². The average molecular weight is 289 g/mol. The summed E-state index contributed by atoms with van der Waals surface area (Å²) in [5.74, 6) is 1.63. The average Bonchev–Trinajstić information content (AvgIpc) is 2.99. The highest BCUT2D eigenvalue weighted by Gasteiger charge is 2.12. The highest BCUT2D eigenvalue weighted by molar-refractivity contribution is 5.42. The van der Waals surface area contributed by atoms with Crippen LogP contribution in [0.5, 0.6) is 11.5 Å². The molecule has 1 aromatic carbocycles. The molecule has 0 radical (unpaired) electrons. The van der Waals surface area contributed by atoms with E-state index in [-0.39, 0.29) is 6.04 Å². The first-order valence-corrected chi connectivity index (χ1v) is 7.13.